The lowest BCUT2D eigenvalue weighted by molar-refractivity contribution is -0.135. The third kappa shape index (κ3) is 2.32. The van der Waals surface area contributed by atoms with E-state index in [0.29, 0.717) is 23.1 Å². The van der Waals surface area contributed by atoms with Crippen LogP contribution >= 0.6 is 0 Å². The van der Waals surface area contributed by atoms with Crippen molar-refractivity contribution in [2.75, 3.05) is 6.54 Å². The quantitative estimate of drug-likeness (QED) is 0.737. The number of nitrogens with one attached hydrogen (secondary N) is 2. The van der Waals surface area contributed by atoms with Crippen molar-refractivity contribution >= 4 is 22.7 Å². The van der Waals surface area contributed by atoms with Crippen LogP contribution in [-0.2, 0) is 22.6 Å². The Balaban J connectivity index is 1.89. The van der Waals surface area contributed by atoms with Crippen LogP contribution in [0.1, 0.15) is 35.8 Å². The molecule has 7 heteroatoms. The summed E-state index contributed by atoms with van der Waals surface area (Å²) in [6.45, 7) is 3.39. The number of hydrogen-bond donors (Lipinski definition) is 2. The SMILES string of the molecule is Cc1nc2cc3c(cc2c(=O)n1C1CCC(=O)NC1=O)CCNC3. The van der Waals surface area contributed by atoms with Gasteiger partial charge >= 0.3 is 0 Å². The van der Waals surface area contributed by atoms with E-state index < -0.39 is 11.9 Å². The average Bonchev–Trinajstić information content (AvgIpc) is 2.55. The van der Waals surface area contributed by atoms with Crippen molar-refractivity contribution < 1.29 is 9.59 Å². The molecule has 3 heterocycles. The largest absolute Gasteiger partial charge is 0.312 e. The van der Waals surface area contributed by atoms with Crippen molar-refractivity contribution in [3.8, 4) is 0 Å². The zero-order chi connectivity index (χ0) is 16.8. The van der Waals surface area contributed by atoms with Crippen molar-refractivity contribution in [2.24, 2.45) is 0 Å². The molecule has 0 aliphatic carbocycles. The molecule has 4 rings (SSSR count). The molecular weight excluding hydrogens is 308 g/mol. The van der Waals surface area contributed by atoms with E-state index in [0.717, 1.165) is 25.1 Å². The summed E-state index contributed by atoms with van der Waals surface area (Å²) < 4.78 is 1.43. The van der Waals surface area contributed by atoms with Crippen LogP contribution in [0.25, 0.3) is 10.9 Å². The first kappa shape index (κ1) is 15.0. The van der Waals surface area contributed by atoms with E-state index in [1.54, 1.807) is 6.92 Å². The molecule has 2 aromatic rings. The minimum Gasteiger partial charge on any atom is -0.312 e. The molecule has 1 aromatic carbocycles. The van der Waals surface area contributed by atoms with Crippen molar-refractivity contribution in [3.05, 3.63) is 39.4 Å². The highest BCUT2D eigenvalue weighted by molar-refractivity contribution is 5.99. The fourth-order valence-electron chi connectivity index (χ4n) is 3.58. The van der Waals surface area contributed by atoms with Crippen molar-refractivity contribution in [1.29, 1.82) is 0 Å². The number of nitrogens with zero attached hydrogens (tertiary/aromatic N) is 2. The van der Waals surface area contributed by atoms with Gasteiger partial charge in [0.2, 0.25) is 11.8 Å². The number of aryl methyl sites for hydroxylation is 1. The molecule has 0 spiro atoms. The molecule has 1 aromatic heterocycles. The summed E-state index contributed by atoms with van der Waals surface area (Å²) in [6.07, 6.45) is 1.43. The second-order valence-corrected chi connectivity index (χ2v) is 6.37. The summed E-state index contributed by atoms with van der Waals surface area (Å²) in [4.78, 5) is 41.1. The Morgan fingerprint density at radius 3 is 2.79 bits per heavy atom. The van der Waals surface area contributed by atoms with Crippen LogP contribution in [0.3, 0.4) is 0 Å². The van der Waals surface area contributed by atoms with Crippen LogP contribution in [0, 0.1) is 6.92 Å². The maximum Gasteiger partial charge on any atom is 0.262 e. The molecule has 1 unspecified atom stereocenters. The van der Waals surface area contributed by atoms with E-state index in [-0.39, 0.29) is 17.9 Å². The lowest BCUT2D eigenvalue weighted by atomic mass is 9.98. The van der Waals surface area contributed by atoms with E-state index in [2.05, 4.69) is 15.6 Å². The number of carbonyl (C=O) groups excluding carboxylic acids is 2. The van der Waals surface area contributed by atoms with E-state index in [9.17, 15) is 14.4 Å². The molecule has 2 aliphatic heterocycles. The van der Waals surface area contributed by atoms with E-state index in [1.165, 1.54) is 10.1 Å². The van der Waals surface area contributed by atoms with Crippen molar-refractivity contribution in [1.82, 2.24) is 20.2 Å². The molecule has 0 saturated carbocycles. The van der Waals surface area contributed by atoms with Gasteiger partial charge in [0.1, 0.15) is 11.9 Å². The summed E-state index contributed by atoms with van der Waals surface area (Å²) in [5, 5.41) is 6.15. The van der Waals surface area contributed by atoms with Gasteiger partial charge in [-0.25, -0.2) is 4.98 Å². The molecule has 0 radical (unpaired) electrons. The highest BCUT2D eigenvalue weighted by Gasteiger charge is 2.30. The molecule has 2 amide bonds. The van der Waals surface area contributed by atoms with Gasteiger partial charge < -0.3 is 5.32 Å². The Morgan fingerprint density at radius 2 is 2.00 bits per heavy atom. The summed E-state index contributed by atoms with van der Waals surface area (Å²) in [7, 11) is 0. The van der Waals surface area contributed by atoms with Crippen LogP contribution in [0.15, 0.2) is 16.9 Å². The van der Waals surface area contributed by atoms with E-state index in [1.807, 2.05) is 12.1 Å². The third-order valence-electron chi connectivity index (χ3n) is 4.81. The Labute approximate surface area is 138 Å². The van der Waals surface area contributed by atoms with Crippen LogP contribution in [0.4, 0.5) is 0 Å². The van der Waals surface area contributed by atoms with Crippen LogP contribution < -0.4 is 16.2 Å². The molecule has 124 valence electrons. The zero-order valence-electron chi connectivity index (χ0n) is 13.4. The molecular formula is C17H18N4O3. The van der Waals surface area contributed by atoms with Gasteiger partial charge in [0.15, 0.2) is 0 Å². The Hall–Kier alpha value is -2.54. The number of piperidine rings is 1. The highest BCUT2D eigenvalue weighted by Crippen LogP contribution is 2.23. The second kappa shape index (κ2) is 5.52. The second-order valence-electron chi connectivity index (χ2n) is 6.37. The standard InChI is InChI=1S/C17H18N4O3/c1-9-19-13-7-11-8-18-5-4-10(11)6-12(13)17(24)21(9)14-2-3-15(22)20-16(14)23/h6-7,14,18H,2-5,8H2,1H3,(H,20,22,23). The predicted octanol–water partition coefficient (Wildman–Crippen LogP) is 0.328. The molecule has 0 bridgehead atoms. The van der Waals surface area contributed by atoms with Crippen LogP contribution in [0.2, 0.25) is 0 Å². The molecule has 1 saturated heterocycles. The fraction of sp³-hybridized carbons (Fsp3) is 0.412. The van der Waals surface area contributed by atoms with Gasteiger partial charge in [-0.2, -0.15) is 0 Å². The molecule has 1 atom stereocenters. The number of hydrogen-bond acceptors (Lipinski definition) is 5. The smallest absolute Gasteiger partial charge is 0.262 e. The van der Waals surface area contributed by atoms with Crippen molar-refractivity contribution in [2.45, 2.75) is 38.8 Å². The number of carbonyl (C=O) groups is 2. The Kier molecular flexibility index (Phi) is 3.45. The van der Waals surface area contributed by atoms with Crippen LogP contribution in [-0.4, -0.2) is 27.9 Å². The summed E-state index contributed by atoms with van der Waals surface area (Å²) in [5.74, 6) is -0.234. The summed E-state index contributed by atoms with van der Waals surface area (Å²) in [5.41, 5.74) is 2.76. The maximum absolute atomic E-state index is 13.0. The van der Waals surface area contributed by atoms with Gasteiger partial charge in [0.25, 0.3) is 5.56 Å². The minimum absolute atomic E-state index is 0.215. The monoisotopic (exact) mass is 326 g/mol. The third-order valence-corrected chi connectivity index (χ3v) is 4.81. The normalized spacial score (nSPS) is 20.8. The summed E-state index contributed by atoms with van der Waals surface area (Å²) in [6, 6.07) is 3.19. The van der Waals surface area contributed by atoms with Gasteiger partial charge in [-0.3, -0.25) is 24.3 Å². The average molecular weight is 326 g/mol. The molecule has 2 aliphatic rings. The topological polar surface area (TPSA) is 93.1 Å². The van der Waals surface area contributed by atoms with Gasteiger partial charge in [-0.05, 0) is 49.6 Å². The maximum atomic E-state index is 13.0. The minimum atomic E-state index is -0.676. The first-order valence-corrected chi connectivity index (χ1v) is 8.13. The van der Waals surface area contributed by atoms with E-state index in [4.69, 9.17) is 0 Å². The molecule has 2 N–H and O–H groups in total. The van der Waals surface area contributed by atoms with Crippen LogP contribution in [0.5, 0.6) is 0 Å². The number of imide groups is 1. The summed E-state index contributed by atoms with van der Waals surface area (Å²) >= 11 is 0. The van der Waals surface area contributed by atoms with Crippen molar-refractivity contribution in [3.63, 3.8) is 0 Å². The fourth-order valence-corrected chi connectivity index (χ4v) is 3.58. The zero-order valence-corrected chi connectivity index (χ0v) is 13.4. The Morgan fingerprint density at radius 1 is 1.17 bits per heavy atom. The lowest BCUT2D eigenvalue weighted by Crippen LogP contribution is -2.45. The first-order valence-electron chi connectivity index (χ1n) is 8.13. The highest BCUT2D eigenvalue weighted by atomic mass is 16.2. The predicted molar refractivity (Wildman–Crippen MR) is 87.6 cm³/mol. The van der Waals surface area contributed by atoms with E-state index >= 15 is 0 Å². The number of aromatic nitrogens is 2. The number of amides is 2. The number of benzene rings is 1. The van der Waals surface area contributed by atoms with Gasteiger partial charge in [-0.15, -0.1) is 0 Å². The first-order chi connectivity index (χ1) is 11.5. The van der Waals surface area contributed by atoms with Gasteiger partial charge in [-0.1, -0.05) is 0 Å². The molecule has 24 heavy (non-hydrogen) atoms. The number of rotatable bonds is 1. The lowest BCUT2D eigenvalue weighted by Gasteiger charge is -2.25. The van der Waals surface area contributed by atoms with Gasteiger partial charge in [0, 0.05) is 13.0 Å². The molecule has 7 nitrogen and oxygen atoms in total. The Bertz CT molecular complexity index is 932. The molecule has 1 fully saturated rings. The number of fused-ring (bicyclic) bond motifs is 2. The van der Waals surface area contributed by atoms with Gasteiger partial charge in [0.05, 0.1) is 10.9 Å².